The number of anilines is 2. The zero-order valence-corrected chi connectivity index (χ0v) is 20.1. The molecule has 9 nitrogen and oxygen atoms in total. The van der Waals surface area contributed by atoms with Crippen LogP contribution in [-0.4, -0.2) is 44.0 Å². The Kier molecular flexibility index (Phi) is 8.61. The molecule has 2 heterocycles. The second kappa shape index (κ2) is 11.6. The minimum Gasteiger partial charge on any atom is -0.457 e. The summed E-state index contributed by atoms with van der Waals surface area (Å²) >= 11 is 2.56. The maximum Gasteiger partial charge on any atom is 0.350 e. The standard InChI is InChI=1S/C22H26N6O3S2/c1-4-12-31-19(30)17-14(3)24-21(33-17)25-18(29)16(5-2)28-20(23)26-27-22(28)32-13-11-15-9-7-6-8-10-15/h4,6-10,16H,1,5,11-13H2,2-3H3,(H2,23,26)(H,24,25,29). The Labute approximate surface area is 200 Å². The normalized spacial score (nSPS) is 11.7. The number of aromatic nitrogens is 4. The number of nitrogens with zero attached hydrogens (tertiary/aromatic N) is 4. The van der Waals surface area contributed by atoms with Crippen LogP contribution in [0.15, 0.2) is 48.1 Å². The summed E-state index contributed by atoms with van der Waals surface area (Å²) in [5.74, 6) is 0.122. The molecule has 0 fully saturated rings. The molecule has 3 N–H and O–H groups in total. The molecule has 3 rings (SSSR count). The van der Waals surface area contributed by atoms with Gasteiger partial charge in [-0.3, -0.25) is 9.36 Å². The summed E-state index contributed by atoms with van der Waals surface area (Å²) in [4.78, 5) is 29.9. The number of ether oxygens (including phenoxy) is 1. The van der Waals surface area contributed by atoms with Gasteiger partial charge in [0.05, 0.1) is 5.69 Å². The van der Waals surface area contributed by atoms with E-state index in [1.807, 2.05) is 25.1 Å². The molecular weight excluding hydrogens is 460 g/mol. The van der Waals surface area contributed by atoms with Gasteiger partial charge in [0.25, 0.3) is 0 Å². The third-order valence-corrected chi connectivity index (χ3v) is 6.70. The highest BCUT2D eigenvalue weighted by Gasteiger charge is 2.26. The minimum atomic E-state index is -0.625. The third kappa shape index (κ3) is 6.20. The number of hydrogen-bond acceptors (Lipinski definition) is 9. The first-order chi connectivity index (χ1) is 15.9. The number of nitrogen functional groups attached to an aromatic ring is 1. The molecule has 0 aliphatic heterocycles. The zero-order chi connectivity index (χ0) is 23.8. The number of hydrogen-bond donors (Lipinski definition) is 2. The number of nitrogens with one attached hydrogen (secondary N) is 1. The van der Waals surface area contributed by atoms with Crippen LogP contribution in [0, 0.1) is 6.92 Å². The fourth-order valence-electron chi connectivity index (χ4n) is 3.10. The van der Waals surface area contributed by atoms with Crippen molar-refractivity contribution < 1.29 is 14.3 Å². The molecule has 1 amide bonds. The SMILES string of the molecule is C=CCOC(=O)c1sc(NC(=O)C(CC)n2c(N)nnc2SCCc2ccccc2)nc1C. The maximum atomic E-state index is 13.1. The molecule has 0 spiro atoms. The second-order valence-electron chi connectivity index (χ2n) is 7.03. The topological polar surface area (TPSA) is 125 Å². The average molecular weight is 487 g/mol. The maximum absolute atomic E-state index is 13.1. The van der Waals surface area contributed by atoms with Crippen LogP contribution >= 0.6 is 23.1 Å². The van der Waals surface area contributed by atoms with Gasteiger partial charge in [-0.2, -0.15) is 0 Å². The molecule has 0 aliphatic rings. The van der Waals surface area contributed by atoms with Gasteiger partial charge in [0.15, 0.2) is 10.3 Å². The van der Waals surface area contributed by atoms with Gasteiger partial charge in [-0.1, -0.05) is 73.0 Å². The fraction of sp³-hybridized carbons (Fsp3) is 0.318. The van der Waals surface area contributed by atoms with E-state index in [2.05, 4.69) is 39.2 Å². The van der Waals surface area contributed by atoms with E-state index in [1.165, 1.54) is 23.4 Å². The molecule has 2 aromatic heterocycles. The molecule has 174 valence electrons. The molecule has 33 heavy (non-hydrogen) atoms. The molecule has 11 heteroatoms. The van der Waals surface area contributed by atoms with Crippen LogP contribution in [0.2, 0.25) is 0 Å². The van der Waals surface area contributed by atoms with Crippen molar-refractivity contribution >= 4 is 46.1 Å². The average Bonchev–Trinajstić information content (AvgIpc) is 3.35. The second-order valence-corrected chi connectivity index (χ2v) is 9.09. The van der Waals surface area contributed by atoms with E-state index in [9.17, 15) is 9.59 Å². The quantitative estimate of drug-likeness (QED) is 0.238. The Bertz CT molecular complexity index is 1110. The number of nitrogens with two attached hydrogens (primary N) is 1. The third-order valence-electron chi connectivity index (χ3n) is 4.70. The molecule has 0 bridgehead atoms. The van der Waals surface area contributed by atoms with Crippen LogP contribution in [0.3, 0.4) is 0 Å². The Morgan fingerprint density at radius 2 is 2.09 bits per heavy atom. The van der Waals surface area contributed by atoms with Crippen molar-refractivity contribution in [3.8, 4) is 0 Å². The lowest BCUT2D eigenvalue weighted by Gasteiger charge is -2.18. The summed E-state index contributed by atoms with van der Waals surface area (Å²) < 4.78 is 6.71. The van der Waals surface area contributed by atoms with Crippen LogP contribution in [0.25, 0.3) is 0 Å². The lowest BCUT2D eigenvalue weighted by atomic mass is 10.2. The number of amides is 1. The molecule has 0 radical (unpaired) electrons. The number of rotatable bonds is 11. The number of carbonyl (C=O) groups is 2. The van der Waals surface area contributed by atoms with Crippen LogP contribution in [0.4, 0.5) is 11.1 Å². The van der Waals surface area contributed by atoms with E-state index in [4.69, 9.17) is 10.5 Å². The molecule has 1 unspecified atom stereocenters. The zero-order valence-electron chi connectivity index (χ0n) is 18.5. The number of thiazole rings is 1. The minimum absolute atomic E-state index is 0.105. The van der Waals surface area contributed by atoms with E-state index in [-0.39, 0.29) is 18.5 Å². The van der Waals surface area contributed by atoms with Crippen LogP contribution in [0.5, 0.6) is 0 Å². The van der Waals surface area contributed by atoms with Gasteiger partial charge in [0.2, 0.25) is 11.9 Å². The lowest BCUT2D eigenvalue weighted by molar-refractivity contribution is -0.119. The van der Waals surface area contributed by atoms with Crippen molar-refractivity contribution in [2.75, 3.05) is 23.4 Å². The van der Waals surface area contributed by atoms with E-state index >= 15 is 0 Å². The molecule has 0 saturated heterocycles. The summed E-state index contributed by atoms with van der Waals surface area (Å²) in [6.45, 7) is 7.20. The van der Waals surface area contributed by atoms with E-state index in [1.54, 1.807) is 11.5 Å². The summed E-state index contributed by atoms with van der Waals surface area (Å²) in [7, 11) is 0. The van der Waals surface area contributed by atoms with Gasteiger partial charge in [-0.25, -0.2) is 9.78 Å². The summed E-state index contributed by atoms with van der Waals surface area (Å²) in [6.07, 6.45) is 2.81. The van der Waals surface area contributed by atoms with E-state index in [0.717, 1.165) is 23.5 Å². The van der Waals surface area contributed by atoms with Gasteiger partial charge >= 0.3 is 5.97 Å². The van der Waals surface area contributed by atoms with Gasteiger partial charge in [-0.05, 0) is 25.3 Å². The summed E-state index contributed by atoms with van der Waals surface area (Å²) in [5, 5.41) is 11.8. The van der Waals surface area contributed by atoms with Gasteiger partial charge in [0, 0.05) is 5.75 Å². The van der Waals surface area contributed by atoms with E-state index < -0.39 is 12.0 Å². The Hall–Kier alpha value is -3.18. The Morgan fingerprint density at radius 3 is 2.79 bits per heavy atom. The van der Waals surface area contributed by atoms with Gasteiger partial charge in [0.1, 0.15) is 17.5 Å². The summed E-state index contributed by atoms with van der Waals surface area (Å²) in [6, 6.07) is 9.50. The molecular formula is C22H26N6O3S2. The number of aryl methyl sites for hydroxylation is 2. The highest BCUT2D eigenvalue weighted by Crippen LogP contribution is 2.28. The number of thioether (sulfide) groups is 1. The van der Waals surface area contributed by atoms with Crippen molar-refractivity contribution in [2.45, 2.75) is 37.9 Å². The molecule has 3 aromatic rings. The van der Waals surface area contributed by atoms with E-state index in [0.29, 0.717) is 27.3 Å². The van der Waals surface area contributed by atoms with Gasteiger partial charge < -0.3 is 15.8 Å². The molecule has 1 atom stereocenters. The van der Waals surface area contributed by atoms with Crippen LogP contribution in [0.1, 0.15) is 40.3 Å². The number of benzene rings is 1. The summed E-state index contributed by atoms with van der Waals surface area (Å²) in [5.41, 5.74) is 7.76. The molecule has 1 aromatic carbocycles. The van der Waals surface area contributed by atoms with Crippen LogP contribution < -0.4 is 11.1 Å². The first-order valence-electron chi connectivity index (χ1n) is 10.4. The van der Waals surface area contributed by atoms with Crippen molar-refractivity contribution in [1.82, 2.24) is 19.7 Å². The van der Waals surface area contributed by atoms with Crippen LogP contribution in [-0.2, 0) is 16.0 Å². The van der Waals surface area contributed by atoms with Crippen molar-refractivity contribution in [2.24, 2.45) is 0 Å². The lowest BCUT2D eigenvalue weighted by Crippen LogP contribution is -2.27. The van der Waals surface area contributed by atoms with Crippen molar-refractivity contribution in [3.63, 3.8) is 0 Å². The van der Waals surface area contributed by atoms with Crippen molar-refractivity contribution in [3.05, 3.63) is 59.1 Å². The van der Waals surface area contributed by atoms with Crippen molar-refractivity contribution in [1.29, 1.82) is 0 Å². The predicted molar refractivity (Wildman–Crippen MR) is 131 cm³/mol. The first-order valence-corrected chi connectivity index (χ1v) is 12.2. The Balaban J connectivity index is 1.70. The predicted octanol–water partition coefficient (Wildman–Crippen LogP) is 3.89. The highest BCUT2D eigenvalue weighted by molar-refractivity contribution is 7.99. The fourth-order valence-corrected chi connectivity index (χ4v) is 4.94. The number of esters is 1. The van der Waals surface area contributed by atoms with Gasteiger partial charge in [-0.15, -0.1) is 10.2 Å². The Morgan fingerprint density at radius 1 is 1.33 bits per heavy atom. The first kappa shape index (κ1) is 24.5. The number of carbonyl (C=O) groups excluding carboxylic acids is 2. The smallest absolute Gasteiger partial charge is 0.350 e. The highest BCUT2D eigenvalue weighted by atomic mass is 32.2. The monoisotopic (exact) mass is 486 g/mol. The molecule has 0 aliphatic carbocycles. The molecule has 0 saturated carbocycles. The largest absolute Gasteiger partial charge is 0.457 e.